The van der Waals surface area contributed by atoms with E-state index in [-0.39, 0.29) is 0 Å². The molecule has 2 aliphatic rings. The second kappa shape index (κ2) is 5.44. The third-order valence-electron chi connectivity index (χ3n) is 4.47. The maximum Gasteiger partial charge on any atom is 0.226 e. The second-order valence-electron chi connectivity index (χ2n) is 6.03. The number of nitrogens with zero attached hydrogens (tertiary/aromatic N) is 2. The van der Waals surface area contributed by atoms with Gasteiger partial charge in [-0.2, -0.15) is 0 Å². The molecule has 2 aromatic rings. The molecule has 110 valence electrons. The largest absolute Gasteiger partial charge is 0.444 e. The summed E-state index contributed by atoms with van der Waals surface area (Å²) in [6, 6.07) is 7.61. The standard InChI is InChI=1S/C16H18ClN3O/c17-14-3-1-2-11(4-14)16-19-15(10-21-16)9-20-7-12-5-18-6-13(12)8-20/h1-4,10,12-13,18H,5-9H2/t12-,13+. The fourth-order valence-corrected chi connectivity index (χ4v) is 3.63. The van der Waals surface area contributed by atoms with Crippen LogP contribution >= 0.6 is 11.6 Å². The van der Waals surface area contributed by atoms with Crippen LogP contribution in [-0.2, 0) is 6.54 Å². The van der Waals surface area contributed by atoms with E-state index in [0.717, 1.165) is 55.8 Å². The van der Waals surface area contributed by atoms with Gasteiger partial charge in [0.15, 0.2) is 0 Å². The van der Waals surface area contributed by atoms with Crippen molar-refractivity contribution in [2.45, 2.75) is 6.54 Å². The summed E-state index contributed by atoms with van der Waals surface area (Å²) in [6.07, 6.45) is 1.77. The Kier molecular flexibility index (Phi) is 3.45. The van der Waals surface area contributed by atoms with Gasteiger partial charge in [0, 0.05) is 30.2 Å². The van der Waals surface area contributed by atoms with Crippen LogP contribution in [0, 0.1) is 11.8 Å². The molecule has 0 spiro atoms. The van der Waals surface area contributed by atoms with Crippen molar-refractivity contribution in [2.75, 3.05) is 26.2 Å². The van der Waals surface area contributed by atoms with Crippen molar-refractivity contribution in [3.8, 4) is 11.5 Å². The first-order valence-electron chi connectivity index (χ1n) is 7.41. The molecule has 0 saturated carbocycles. The fourth-order valence-electron chi connectivity index (χ4n) is 3.44. The lowest BCUT2D eigenvalue weighted by Crippen LogP contribution is -2.25. The summed E-state index contributed by atoms with van der Waals surface area (Å²) in [5, 5.41) is 4.17. The van der Waals surface area contributed by atoms with Gasteiger partial charge in [-0.1, -0.05) is 17.7 Å². The van der Waals surface area contributed by atoms with Gasteiger partial charge in [0.1, 0.15) is 6.26 Å². The molecule has 2 atom stereocenters. The molecule has 0 aliphatic carbocycles. The Morgan fingerprint density at radius 2 is 2.10 bits per heavy atom. The number of benzene rings is 1. The fraction of sp³-hybridized carbons (Fsp3) is 0.438. The van der Waals surface area contributed by atoms with Crippen molar-refractivity contribution in [3.63, 3.8) is 0 Å². The van der Waals surface area contributed by atoms with Gasteiger partial charge < -0.3 is 9.73 Å². The minimum Gasteiger partial charge on any atom is -0.444 e. The molecule has 1 N–H and O–H groups in total. The summed E-state index contributed by atoms with van der Waals surface area (Å²) < 4.78 is 5.60. The van der Waals surface area contributed by atoms with Crippen molar-refractivity contribution in [1.29, 1.82) is 0 Å². The minimum atomic E-state index is 0.647. The van der Waals surface area contributed by atoms with Gasteiger partial charge in [-0.05, 0) is 43.1 Å². The summed E-state index contributed by atoms with van der Waals surface area (Å²) in [7, 11) is 0. The van der Waals surface area contributed by atoms with Gasteiger partial charge in [-0.15, -0.1) is 0 Å². The average Bonchev–Trinajstić information content (AvgIpc) is 3.14. The molecule has 1 aromatic heterocycles. The molecule has 0 unspecified atom stereocenters. The number of aromatic nitrogens is 1. The van der Waals surface area contributed by atoms with Gasteiger partial charge in [0.05, 0.1) is 5.69 Å². The lowest BCUT2D eigenvalue weighted by atomic mass is 10.0. The van der Waals surface area contributed by atoms with Gasteiger partial charge >= 0.3 is 0 Å². The van der Waals surface area contributed by atoms with Crippen LogP contribution in [0.2, 0.25) is 5.02 Å². The van der Waals surface area contributed by atoms with E-state index in [2.05, 4.69) is 15.2 Å². The molecular weight excluding hydrogens is 286 g/mol. The highest BCUT2D eigenvalue weighted by Gasteiger charge is 2.36. The van der Waals surface area contributed by atoms with E-state index in [1.54, 1.807) is 6.26 Å². The molecule has 4 rings (SSSR count). The second-order valence-corrected chi connectivity index (χ2v) is 6.46. The molecular formula is C16H18ClN3O. The van der Waals surface area contributed by atoms with Crippen LogP contribution in [-0.4, -0.2) is 36.1 Å². The summed E-state index contributed by atoms with van der Waals surface area (Å²) >= 11 is 6.01. The minimum absolute atomic E-state index is 0.647. The highest BCUT2D eigenvalue weighted by molar-refractivity contribution is 6.30. The number of hydrogen-bond acceptors (Lipinski definition) is 4. The van der Waals surface area contributed by atoms with Crippen LogP contribution in [0.5, 0.6) is 0 Å². The molecule has 3 heterocycles. The van der Waals surface area contributed by atoms with E-state index in [9.17, 15) is 0 Å². The normalized spacial score (nSPS) is 25.4. The molecule has 5 heteroatoms. The molecule has 1 aromatic carbocycles. The van der Waals surface area contributed by atoms with Crippen LogP contribution in [0.4, 0.5) is 0 Å². The SMILES string of the molecule is Clc1cccc(-c2nc(CN3C[C@H]4CNC[C@H]4C3)co2)c1. The Labute approximate surface area is 129 Å². The number of likely N-dealkylation sites (tertiary alicyclic amines) is 1. The molecule has 2 aliphatic heterocycles. The van der Waals surface area contributed by atoms with Crippen LogP contribution in [0.25, 0.3) is 11.5 Å². The first-order valence-corrected chi connectivity index (χ1v) is 7.79. The van der Waals surface area contributed by atoms with Gasteiger partial charge in [-0.25, -0.2) is 4.98 Å². The Bertz CT molecular complexity index is 630. The van der Waals surface area contributed by atoms with Crippen LogP contribution < -0.4 is 5.32 Å². The number of oxazole rings is 1. The molecule has 2 fully saturated rings. The van der Waals surface area contributed by atoms with Gasteiger partial charge in [0.25, 0.3) is 0 Å². The van der Waals surface area contributed by atoms with E-state index >= 15 is 0 Å². The van der Waals surface area contributed by atoms with E-state index in [4.69, 9.17) is 16.0 Å². The highest BCUT2D eigenvalue weighted by Crippen LogP contribution is 2.28. The monoisotopic (exact) mass is 303 g/mol. The summed E-state index contributed by atoms with van der Waals surface area (Å²) in [5.74, 6) is 2.27. The maximum atomic E-state index is 6.01. The predicted molar refractivity (Wildman–Crippen MR) is 82.1 cm³/mol. The summed E-state index contributed by atoms with van der Waals surface area (Å²) in [4.78, 5) is 7.08. The quantitative estimate of drug-likeness (QED) is 0.946. The van der Waals surface area contributed by atoms with E-state index in [1.807, 2.05) is 24.3 Å². The third-order valence-corrected chi connectivity index (χ3v) is 4.71. The van der Waals surface area contributed by atoms with E-state index in [1.165, 1.54) is 0 Å². The van der Waals surface area contributed by atoms with Gasteiger partial charge in [0.2, 0.25) is 5.89 Å². The molecule has 4 nitrogen and oxygen atoms in total. The zero-order valence-corrected chi connectivity index (χ0v) is 12.5. The zero-order valence-electron chi connectivity index (χ0n) is 11.8. The lowest BCUT2D eigenvalue weighted by Gasteiger charge is -2.14. The number of nitrogens with one attached hydrogen (secondary N) is 1. The highest BCUT2D eigenvalue weighted by atomic mass is 35.5. The first kappa shape index (κ1) is 13.3. The van der Waals surface area contributed by atoms with Crippen LogP contribution in [0.15, 0.2) is 34.9 Å². The molecule has 2 saturated heterocycles. The Morgan fingerprint density at radius 3 is 2.86 bits per heavy atom. The zero-order chi connectivity index (χ0) is 14.2. The maximum absolute atomic E-state index is 6.01. The number of rotatable bonds is 3. The number of fused-ring (bicyclic) bond motifs is 1. The third kappa shape index (κ3) is 2.71. The first-order chi connectivity index (χ1) is 10.3. The average molecular weight is 304 g/mol. The molecule has 21 heavy (non-hydrogen) atoms. The van der Waals surface area contributed by atoms with Crippen LogP contribution in [0.1, 0.15) is 5.69 Å². The van der Waals surface area contributed by atoms with Crippen molar-refractivity contribution in [2.24, 2.45) is 11.8 Å². The Hall–Kier alpha value is -1.36. The predicted octanol–water partition coefficient (Wildman–Crippen LogP) is 2.65. The number of halogens is 1. The topological polar surface area (TPSA) is 41.3 Å². The molecule has 0 radical (unpaired) electrons. The van der Waals surface area contributed by atoms with E-state index in [0.29, 0.717) is 10.9 Å². The van der Waals surface area contributed by atoms with Crippen LogP contribution in [0.3, 0.4) is 0 Å². The summed E-state index contributed by atoms with van der Waals surface area (Å²) in [5.41, 5.74) is 1.93. The van der Waals surface area contributed by atoms with Gasteiger partial charge in [-0.3, -0.25) is 4.90 Å². The van der Waals surface area contributed by atoms with Crippen molar-refractivity contribution in [3.05, 3.63) is 41.2 Å². The Balaban J connectivity index is 1.45. The van der Waals surface area contributed by atoms with Crippen molar-refractivity contribution in [1.82, 2.24) is 15.2 Å². The smallest absolute Gasteiger partial charge is 0.226 e. The lowest BCUT2D eigenvalue weighted by molar-refractivity contribution is 0.302. The summed E-state index contributed by atoms with van der Waals surface area (Å²) in [6.45, 7) is 5.52. The van der Waals surface area contributed by atoms with E-state index < -0.39 is 0 Å². The number of hydrogen-bond donors (Lipinski definition) is 1. The Morgan fingerprint density at radius 1 is 1.29 bits per heavy atom. The molecule has 0 bridgehead atoms. The molecule has 0 amide bonds. The van der Waals surface area contributed by atoms with Crippen molar-refractivity contribution < 1.29 is 4.42 Å². The van der Waals surface area contributed by atoms with Crippen molar-refractivity contribution >= 4 is 11.6 Å².